The van der Waals surface area contributed by atoms with Crippen LogP contribution >= 0.6 is 0 Å². The van der Waals surface area contributed by atoms with Gasteiger partial charge in [0.25, 0.3) is 5.91 Å². The molecule has 2 aliphatic heterocycles. The number of amides is 3. The van der Waals surface area contributed by atoms with Crippen LogP contribution in [0.2, 0.25) is 0 Å². The van der Waals surface area contributed by atoms with Crippen molar-refractivity contribution in [3.63, 3.8) is 0 Å². The van der Waals surface area contributed by atoms with Crippen LogP contribution in [0, 0.1) is 11.2 Å². The van der Waals surface area contributed by atoms with Crippen LogP contribution in [0.15, 0.2) is 36.4 Å². The minimum atomic E-state index is -4.30. The van der Waals surface area contributed by atoms with E-state index in [9.17, 15) is 18.0 Å². The SMILES string of the molecule is COCC(C)(C)CNC(=O)N1CCc2cc(OCc3ccccc3)c(N3CC(=O)NS3(=O)=O)c(F)c2C1. The lowest BCUT2D eigenvalue weighted by atomic mass is 9.95. The number of carbonyl (C=O) groups excluding carboxylic acids is 2. The van der Waals surface area contributed by atoms with E-state index < -0.39 is 28.5 Å². The monoisotopic (exact) mass is 534 g/mol. The van der Waals surface area contributed by atoms with Crippen molar-refractivity contribution in [3.05, 3.63) is 58.9 Å². The van der Waals surface area contributed by atoms with Crippen molar-refractivity contribution in [2.75, 3.05) is 37.7 Å². The summed E-state index contributed by atoms with van der Waals surface area (Å²) in [4.78, 5) is 26.2. The molecule has 2 N–H and O–H groups in total. The highest BCUT2D eigenvalue weighted by Gasteiger charge is 2.39. The zero-order valence-electron chi connectivity index (χ0n) is 21.0. The number of ether oxygens (including phenoxy) is 2. The number of carbonyl (C=O) groups is 2. The van der Waals surface area contributed by atoms with Gasteiger partial charge in [-0.1, -0.05) is 44.2 Å². The first-order valence-electron chi connectivity index (χ1n) is 11.9. The van der Waals surface area contributed by atoms with Gasteiger partial charge in [0.15, 0.2) is 5.82 Å². The van der Waals surface area contributed by atoms with Gasteiger partial charge < -0.3 is 19.7 Å². The molecule has 37 heavy (non-hydrogen) atoms. The van der Waals surface area contributed by atoms with Gasteiger partial charge in [0.2, 0.25) is 0 Å². The third kappa shape index (κ3) is 5.96. The van der Waals surface area contributed by atoms with Gasteiger partial charge in [-0.2, -0.15) is 8.42 Å². The Bertz CT molecular complexity index is 1290. The molecule has 200 valence electrons. The van der Waals surface area contributed by atoms with Gasteiger partial charge in [-0.3, -0.25) is 4.79 Å². The highest BCUT2D eigenvalue weighted by Crippen LogP contribution is 2.40. The molecule has 2 aromatic carbocycles. The standard InChI is InChI=1S/C25H31FN4O6S/c1-25(2,16-35-3)15-27-24(32)29-10-9-18-11-20(36-14-17-7-5-4-6-8-17)23(22(26)19(18)12-29)30-13-21(31)28-37(30,33)34/h4-8,11H,9-10,12-16H2,1-3H3,(H,27,32)(H,28,31). The van der Waals surface area contributed by atoms with E-state index in [0.29, 0.717) is 36.0 Å². The quantitative estimate of drug-likeness (QED) is 0.537. The molecule has 0 unspecified atom stereocenters. The number of benzene rings is 2. The number of hydrogen-bond acceptors (Lipinski definition) is 6. The maximum Gasteiger partial charge on any atom is 0.326 e. The highest BCUT2D eigenvalue weighted by molar-refractivity contribution is 7.92. The molecular weight excluding hydrogens is 503 g/mol. The van der Waals surface area contributed by atoms with Gasteiger partial charge >= 0.3 is 16.2 Å². The molecule has 2 aliphatic rings. The molecule has 0 aromatic heterocycles. The second kappa shape index (κ2) is 10.5. The topological polar surface area (TPSA) is 117 Å². The van der Waals surface area contributed by atoms with Crippen molar-refractivity contribution in [2.45, 2.75) is 33.4 Å². The summed E-state index contributed by atoms with van der Waals surface area (Å²) >= 11 is 0. The fourth-order valence-corrected chi connectivity index (χ4v) is 5.55. The molecule has 0 bridgehead atoms. The van der Waals surface area contributed by atoms with Crippen molar-refractivity contribution in [3.8, 4) is 5.75 Å². The summed E-state index contributed by atoms with van der Waals surface area (Å²) in [6.45, 7) is 4.53. The van der Waals surface area contributed by atoms with Gasteiger partial charge in [-0.15, -0.1) is 0 Å². The van der Waals surface area contributed by atoms with E-state index in [-0.39, 0.29) is 41.6 Å². The predicted octanol–water partition coefficient (Wildman–Crippen LogP) is 2.33. The number of anilines is 1. The minimum Gasteiger partial charge on any atom is -0.487 e. The molecule has 2 heterocycles. The first-order chi connectivity index (χ1) is 17.5. The summed E-state index contributed by atoms with van der Waals surface area (Å²) in [6.07, 6.45) is 0.354. The van der Waals surface area contributed by atoms with E-state index in [1.54, 1.807) is 13.2 Å². The summed E-state index contributed by atoms with van der Waals surface area (Å²) < 4.78 is 54.9. The molecule has 3 amide bonds. The number of nitrogens with one attached hydrogen (secondary N) is 2. The average molecular weight is 535 g/mol. The van der Waals surface area contributed by atoms with Crippen molar-refractivity contribution >= 4 is 27.8 Å². The summed E-state index contributed by atoms with van der Waals surface area (Å²) in [5.41, 5.74) is 0.976. The second-order valence-corrected chi connectivity index (χ2v) is 11.5. The van der Waals surface area contributed by atoms with Crippen molar-refractivity contribution in [1.29, 1.82) is 0 Å². The highest BCUT2D eigenvalue weighted by atomic mass is 32.2. The van der Waals surface area contributed by atoms with Crippen LogP contribution in [-0.4, -0.2) is 58.6 Å². The van der Waals surface area contributed by atoms with Crippen LogP contribution in [-0.2, 0) is 39.3 Å². The van der Waals surface area contributed by atoms with Gasteiger partial charge in [0.1, 0.15) is 24.6 Å². The van der Waals surface area contributed by atoms with Crippen molar-refractivity contribution in [2.24, 2.45) is 5.41 Å². The number of fused-ring (bicyclic) bond motifs is 1. The third-order valence-electron chi connectivity index (χ3n) is 6.25. The molecule has 4 rings (SSSR count). The summed E-state index contributed by atoms with van der Waals surface area (Å²) in [5, 5.41) is 2.87. The molecule has 2 aromatic rings. The number of halogens is 1. The Morgan fingerprint density at radius 2 is 1.95 bits per heavy atom. The number of nitrogens with zero attached hydrogens (tertiary/aromatic N) is 2. The van der Waals surface area contributed by atoms with Gasteiger partial charge in [-0.05, 0) is 23.6 Å². The van der Waals surface area contributed by atoms with Crippen LogP contribution in [0.3, 0.4) is 0 Å². The van der Waals surface area contributed by atoms with Gasteiger partial charge in [0, 0.05) is 31.2 Å². The molecule has 0 aliphatic carbocycles. The van der Waals surface area contributed by atoms with Gasteiger partial charge in [0.05, 0.1) is 13.2 Å². The summed E-state index contributed by atoms with van der Waals surface area (Å²) in [5.74, 6) is -1.59. The Hall–Kier alpha value is -3.38. The molecule has 0 radical (unpaired) electrons. The van der Waals surface area contributed by atoms with Crippen LogP contribution in [0.4, 0.5) is 14.9 Å². The Labute approximate surface area is 215 Å². The number of urea groups is 1. The largest absolute Gasteiger partial charge is 0.487 e. The van der Waals surface area contributed by atoms with E-state index in [1.807, 2.05) is 48.9 Å². The first-order valence-corrected chi connectivity index (χ1v) is 13.3. The van der Waals surface area contributed by atoms with Crippen molar-refractivity contribution < 1.29 is 31.9 Å². The molecule has 0 atom stereocenters. The zero-order chi connectivity index (χ0) is 26.8. The molecule has 1 fully saturated rings. The summed E-state index contributed by atoms with van der Waals surface area (Å²) in [6, 6.07) is 10.4. The van der Waals surface area contributed by atoms with Crippen LogP contribution in [0.25, 0.3) is 0 Å². The maximum atomic E-state index is 16.1. The second-order valence-electron chi connectivity index (χ2n) is 9.91. The zero-order valence-corrected chi connectivity index (χ0v) is 21.9. The Balaban J connectivity index is 1.63. The van der Waals surface area contributed by atoms with E-state index in [4.69, 9.17) is 9.47 Å². The maximum absolute atomic E-state index is 16.1. The van der Waals surface area contributed by atoms with Crippen LogP contribution in [0.1, 0.15) is 30.5 Å². The average Bonchev–Trinajstić information content (AvgIpc) is 3.13. The lowest BCUT2D eigenvalue weighted by molar-refractivity contribution is -0.117. The minimum absolute atomic E-state index is 0.0133. The number of hydrogen-bond donors (Lipinski definition) is 2. The smallest absolute Gasteiger partial charge is 0.326 e. The van der Waals surface area contributed by atoms with Crippen LogP contribution < -0.4 is 19.1 Å². The Kier molecular flexibility index (Phi) is 7.60. The van der Waals surface area contributed by atoms with E-state index >= 15 is 4.39 Å². The number of methoxy groups -OCH3 is 1. The molecule has 1 saturated heterocycles. The summed E-state index contributed by atoms with van der Waals surface area (Å²) in [7, 11) is -2.70. The fourth-order valence-electron chi connectivity index (χ4n) is 4.39. The molecule has 12 heteroatoms. The molecular formula is C25H31FN4O6S. The lowest BCUT2D eigenvalue weighted by Crippen LogP contribution is -2.46. The van der Waals surface area contributed by atoms with E-state index in [2.05, 4.69) is 5.32 Å². The molecule has 10 nitrogen and oxygen atoms in total. The van der Waals surface area contributed by atoms with E-state index in [1.165, 1.54) is 4.90 Å². The first kappa shape index (κ1) is 26.7. The van der Waals surface area contributed by atoms with Crippen LogP contribution in [0.5, 0.6) is 5.75 Å². The van der Waals surface area contributed by atoms with E-state index in [0.717, 1.165) is 5.56 Å². The third-order valence-corrected chi connectivity index (χ3v) is 7.62. The predicted molar refractivity (Wildman–Crippen MR) is 135 cm³/mol. The lowest BCUT2D eigenvalue weighted by Gasteiger charge is -2.32. The van der Waals surface area contributed by atoms with Gasteiger partial charge in [-0.25, -0.2) is 18.2 Å². The Morgan fingerprint density at radius 1 is 1.22 bits per heavy atom. The van der Waals surface area contributed by atoms with Crippen molar-refractivity contribution in [1.82, 2.24) is 14.9 Å². The molecule has 0 spiro atoms. The Morgan fingerprint density at radius 3 is 2.59 bits per heavy atom. The normalized spacial score (nSPS) is 16.8. The fraction of sp³-hybridized carbons (Fsp3) is 0.440. The molecule has 0 saturated carbocycles. The number of rotatable bonds is 8.